The van der Waals surface area contributed by atoms with E-state index in [4.69, 9.17) is 5.26 Å². The molecule has 0 aliphatic heterocycles. The molecule has 5 heteroatoms. The van der Waals surface area contributed by atoms with Crippen molar-refractivity contribution in [1.29, 1.82) is 5.26 Å². The van der Waals surface area contributed by atoms with Crippen LogP contribution < -0.4 is 10.6 Å². The van der Waals surface area contributed by atoms with Crippen LogP contribution >= 0.6 is 0 Å². The highest BCUT2D eigenvalue weighted by molar-refractivity contribution is 5.49. The van der Waals surface area contributed by atoms with Crippen molar-refractivity contribution in [2.75, 3.05) is 10.6 Å². The molecule has 0 spiro atoms. The summed E-state index contributed by atoms with van der Waals surface area (Å²) in [6.07, 6.45) is 3.91. The number of rotatable bonds is 4. The lowest BCUT2D eigenvalue weighted by atomic mass is 10.1. The zero-order valence-electron chi connectivity index (χ0n) is 9.49. The molecule has 0 aromatic carbocycles. The molecule has 16 heavy (non-hydrogen) atoms. The average molecular weight is 217 g/mol. The van der Waals surface area contributed by atoms with Gasteiger partial charge in [-0.3, -0.25) is 0 Å². The minimum Gasteiger partial charge on any atom is -0.367 e. The van der Waals surface area contributed by atoms with Crippen molar-refractivity contribution in [3.63, 3.8) is 0 Å². The van der Waals surface area contributed by atoms with Gasteiger partial charge >= 0.3 is 0 Å². The van der Waals surface area contributed by atoms with Crippen molar-refractivity contribution < 1.29 is 0 Å². The summed E-state index contributed by atoms with van der Waals surface area (Å²) < 4.78 is 0. The standard InChI is InChI=1S/C11H15N5/c1-11(2,6-12)16-10-5-9(13-7-14-10)15-8-3-4-8/h5,7-8H,3-4H2,1-2H3,(H2,13,14,15,16). The molecule has 1 aliphatic carbocycles. The van der Waals surface area contributed by atoms with Crippen molar-refractivity contribution >= 4 is 11.6 Å². The van der Waals surface area contributed by atoms with Gasteiger partial charge in [0.2, 0.25) is 0 Å². The Morgan fingerprint density at radius 1 is 1.38 bits per heavy atom. The average Bonchev–Trinajstić information content (AvgIpc) is 3.02. The van der Waals surface area contributed by atoms with Gasteiger partial charge in [0, 0.05) is 12.1 Å². The third-order valence-corrected chi connectivity index (χ3v) is 2.32. The maximum absolute atomic E-state index is 8.91. The fraction of sp³-hybridized carbons (Fsp3) is 0.545. The van der Waals surface area contributed by atoms with Gasteiger partial charge in [-0.15, -0.1) is 0 Å². The monoisotopic (exact) mass is 217 g/mol. The SMILES string of the molecule is CC(C)(C#N)Nc1cc(NC2CC2)ncn1. The molecule has 2 N–H and O–H groups in total. The molecule has 1 fully saturated rings. The fourth-order valence-electron chi connectivity index (χ4n) is 1.29. The van der Waals surface area contributed by atoms with Gasteiger partial charge in [-0.05, 0) is 26.7 Å². The van der Waals surface area contributed by atoms with E-state index >= 15 is 0 Å². The topological polar surface area (TPSA) is 73.6 Å². The smallest absolute Gasteiger partial charge is 0.132 e. The molecule has 0 amide bonds. The summed E-state index contributed by atoms with van der Waals surface area (Å²) in [5, 5.41) is 15.2. The van der Waals surface area contributed by atoms with Gasteiger partial charge in [0.15, 0.2) is 0 Å². The van der Waals surface area contributed by atoms with Crippen LogP contribution in [-0.4, -0.2) is 21.5 Å². The molecule has 2 rings (SSSR count). The first kappa shape index (κ1) is 10.7. The number of nitriles is 1. The lowest BCUT2D eigenvalue weighted by molar-refractivity contribution is 0.723. The minimum atomic E-state index is -0.620. The fourth-order valence-corrected chi connectivity index (χ4v) is 1.29. The highest BCUT2D eigenvalue weighted by atomic mass is 15.1. The summed E-state index contributed by atoms with van der Waals surface area (Å²) in [7, 11) is 0. The highest BCUT2D eigenvalue weighted by Gasteiger charge is 2.22. The molecule has 5 nitrogen and oxygen atoms in total. The summed E-state index contributed by atoms with van der Waals surface area (Å²) in [5.74, 6) is 1.48. The molecule has 1 aromatic rings. The van der Waals surface area contributed by atoms with Gasteiger partial charge in [-0.2, -0.15) is 5.26 Å². The summed E-state index contributed by atoms with van der Waals surface area (Å²) in [4.78, 5) is 8.22. The number of nitrogens with zero attached hydrogens (tertiary/aromatic N) is 3. The molecular formula is C11H15N5. The zero-order valence-corrected chi connectivity index (χ0v) is 9.49. The maximum atomic E-state index is 8.91. The number of hydrogen-bond acceptors (Lipinski definition) is 5. The van der Waals surface area contributed by atoms with Crippen molar-refractivity contribution in [2.45, 2.75) is 38.3 Å². The third-order valence-electron chi connectivity index (χ3n) is 2.32. The van der Waals surface area contributed by atoms with Crippen LogP contribution in [0, 0.1) is 11.3 Å². The molecular weight excluding hydrogens is 202 g/mol. The van der Waals surface area contributed by atoms with Gasteiger partial charge in [-0.1, -0.05) is 0 Å². The molecule has 0 radical (unpaired) electrons. The van der Waals surface area contributed by atoms with E-state index in [2.05, 4.69) is 26.7 Å². The van der Waals surface area contributed by atoms with Gasteiger partial charge in [0.25, 0.3) is 0 Å². The molecule has 0 bridgehead atoms. The van der Waals surface area contributed by atoms with Crippen molar-refractivity contribution in [3.05, 3.63) is 12.4 Å². The van der Waals surface area contributed by atoms with Gasteiger partial charge in [0.05, 0.1) is 6.07 Å². The molecule has 1 aliphatic rings. The molecule has 1 heterocycles. The Balaban J connectivity index is 2.06. The van der Waals surface area contributed by atoms with E-state index in [1.54, 1.807) is 0 Å². The van der Waals surface area contributed by atoms with Gasteiger partial charge in [-0.25, -0.2) is 9.97 Å². The van der Waals surface area contributed by atoms with Crippen LogP contribution in [0.3, 0.4) is 0 Å². The second-order valence-electron chi connectivity index (χ2n) is 4.57. The first-order valence-corrected chi connectivity index (χ1v) is 5.37. The van der Waals surface area contributed by atoms with Crippen LogP contribution in [-0.2, 0) is 0 Å². The highest BCUT2D eigenvalue weighted by Crippen LogP contribution is 2.24. The molecule has 1 saturated carbocycles. The normalized spacial score (nSPS) is 15.3. The van der Waals surface area contributed by atoms with E-state index in [-0.39, 0.29) is 0 Å². The van der Waals surface area contributed by atoms with E-state index in [1.165, 1.54) is 19.2 Å². The lowest BCUT2D eigenvalue weighted by Crippen LogP contribution is -2.29. The van der Waals surface area contributed by atoms with Crippen molar-refractivity contribution in [1.82, 2.24) is 9.97 Å². The first-order valence-electron chi connectivity index (χ1n) is 5.37. The number of anilines is 2. The van der Waals surface area contributed by atoms with E-state index in [0.717, 1.165) is 5.82 Å². The second kappa shape index (κ2) is 3.97. The second-order valence-corrected chi connectivity index (χ2v) is 4.57. The van der Waals surface area contributed by atoms with Crippen molar-refractivity contribution in [2.24, 2.45) is 0 Å². The number of aromatic nitrogens is 2. The van der Waals surface area contributed by atoms with Crippen LogP contribution in [0.25, 0.3) is 0 Å². The summed E-state index contributed by atoms with van der Waals surface area (Å²) in [6, 6.07) is 4.56. The largest absolute Gasteiger partial charge is 0.367 e. The first-order chi connectivity index (χ1) is 7.59. The third kappa shape index (κ3) is 2.83. The zero-order chi connectivity index (χ0) is 11.6. The van der Waals surface area contributed by atoms with E-state index in [9.17, 15) is 0 Å². The number of hydrogen-bond donors (Lipinski definition) is 2. The Morgan fingerprint density at radius 2 is 2.06 bits per heavy atom. The predicted octanol–water partition coefficient (Wildman–Crippen LogP) is 1.76. The molecule has 0 unspecified atom stereocenters. The summed E-state index contributed by atoms with van der Waals surface area (Å²) in [5.41, 5.74) is -0.620. The summed E-state index contributed by atoms with van der Waals surface area (Å²) in [6.45, 7) is 3.62. The van der Waals surface area contributed by atoms with Crippen LogP contribution in [0.5, 0.6) is 0 Å². The Morgan fingerprint density at radius 3 is 2.69 bits per heavy atom. The molecule has 1 aromatic heterocycles. The maximum Gasteiger partial charge on any atom is 0.132 e. The van der Waals surface area contributed by atoms with Crippen LogP contribution in [0.2, 0.25) is 0 Å². The van der Waals surface area contributed by atoms with Gasteiger partial charge in [0.1, 0.15) is 23.5 Å². The predicted molar refractivity (Wildman–Crippen MR) is 62.0 cm³/mol. The lowest BCUT2D eigenvalue weighted by Gasteiger charge is -2.18. The quantitative estimate of drug-likeness (QED) is 0.804. The van der Waals surface area contributed by atoms with Crippen molar-refractivity contribution in [3.8, 4) is 6.07 Å². The number of nitrogens with one attached hydrogen (secondary N) is 2. The minimum absolute atomic E-state index is 0.562. The van der Waals surface area contributed by atoms with Crippen LogP contribution in [0.1, 0.15) is 26.7 Å². The van der Waals surface area contributed by atoms with Crippen LogP contribution in [0.15, 0.2) is 12.4 Å². The van der Waals surface area contributed by atoms with E-state index in [1.807, 2.05) is 19.9 Å². The Labute approximate surface area is 94.9 Å². The van der Waals surface area contributed by atoms with Gasteiger partial charge < -0.3 is 10.6 Å². The van der Waals surface area contributed by atoms with E-state index < -0.39 is 5.54 Å². The Hall–Kier alpha value is -1.83. The Kier molecular flexibility index (Phi) is 2.65. The summed E-state index contributed by atoms with van der Waals surface area (Å²) >= 11 is 0. The molecule has 0 saturated heterocycles. The van der Waals surface area contributed by atoms with Crippen LogP contribution in [0.4, 0.5) is 11.6 Å². The molecule has 84 valence electrons. The van der Waals surface area contributed by atoms with E-state index in [0.29, 0.717) is 11.9 Å². The molecule has 0 atom stereocenters. The Bertz CT molecular complexity index is 417.